The molecule has 0 bridgehead atoms. The Bertz CT molecular complexity index is 1080. The van der Waals surface area contributed by atoms with Crippen molar-refractivity contribution in [3.63, 3.8) is 0 Å². The fraction of sp³-hybridized carbons (Fsp3) is 0.118. The van der Waals surface area contributed by atoms with Gasteiger partial charge < -0.3 is 4.40 Å². The van der Waals surface area contributed by atoms with Crippen LogP contribution in [0.2, 0.25) is 0 Å². The number of benzene rings is 1. The van der Waals surface area contributed by atoms with Crippen molar-refractivity contribution in [2.75, 3.05) is 0 Å². The monoisotopic (exact) mass is 361 g/mol. The first-order chi connectivity index (χ1) is 12.4. The molecule has 3 aromatic heterocycles. The number of H-pyrrole nitrogens is 1. The quantitative estimate of drug-likeness (QED) is 0.564. The van der Waals surface area contributed by atoms with E-state index in [9.17, 15) is 17.6 Å². The summed E-state index contributed by atoms with van der Waals surface area (Å²) in [5.74, 6) is -1.26. The highest BCUT2D eigenvalue weighted by Gasteiger charge is 2.35. The van der Waals surface area contributed by atoms with Gasteiger partial charge in [0.25, 0.3) is 0 Å². The second-order valence-electron chi connectivity index (χ2n) is 5.61. The van der Waals surface area contributed by atoms with Crippen molar-refractivity contribution in [2.24, 2.45) is 0 Å². The molecule has 3 heterocycles. The third-order valence-electron chi connectivity index (χ3n) is 3.89. The van der Waals surface area contributed by atoms with Crippen molar-refractivity contribution in [2.45, 2.75) is 12.6 Å². The first kappa shape index (κ1) is 16.2. The van der Waals surface area contributed by atoms with Gasteiger partial charge in [0.05, 0.1) is 5.52 Å². The summed E-state index contributed by atoms with van der Waals surface area (Å²) in [7, 11) is 0. The summed E-state index contributed by atoms with van der Waals surface area (Å²) in [5, 5.41) is 5.52. The number of imidazole rings is 1. The molecule has 0 spiro atoms. The summed E-state index contributed by atoms with van der Waals surface area (Å²) in [5.41, 5.74) is 1.16. The van der Waals surface area contributed by atoms with Crippen molar-refractivity contribution in [1.29, 1.82) is 0 Å². The summed E-state index contributed by atoms with van der Waals surface area (Å²) in [6.45, 7) is 0. The van der Waals surface area contributed by atoms with Gasteiger partial charge in [-0.2, -0.15) is 18.3 Å². The van der Waals surface area contributed by atoms with Crippen molar-refractivity contribution >= 4 is 5.52 Å². The molecule has 5 nitrogen and oxygen atoms in total. The van der Waals surface area contributed by atoms with Crippen LogP contribution in [0.25, 0.3) is 17.0 Å². The molecule has 0 aliphatic carbocycles. The lowest BCUT2D eigenvalue weighted by molar-refractivity contribution is -0.144. The molecular formula is C17H11F4N5. The van der Waals surface area contributed by atoms with Gasteiger partial charge in [-0.3, -0.25) is 5.10 Å². The Labute approximate surface area is 144 Å². The molecular weight excluding hydrogens is 350 g/mol. The Balaban J connectivity index is 1.82. The van der Waals surface area contributed by atoms with E-state index in [0.29, 0.717) is 16.9 Å². The maximum Gasteiger partial charge on any atom is 0.451 e. The Kier molecular flexibility index (Phi) is 3.71. The third-order valence-corrected chi connectivity index (χ3v) is 3.89. The minimum Gasteiger partial charge on any atom is -0.303 e. The maximum absolute atomic E-state index is 13.9. The molecule has 0 unspecified atom stereocenters. The fourth-order valence-corrected chi connectivity index (χ4v) is 2.70. The summed E-state index contributed by atoms with van der Waals surface area (Å²) >= 11 is 0. The molecule has 9 heteroatoms. The average molecular weight is 361 g/mol. The van der Waals surface area contributed by atoms with Gasteiger partial charge in [-0.1, -0.05) is 24.3 Å². The molecule has 132 valence electrons. The van der Waals surface area contributed by atoms with Crippen LogP contribution in [0.4, 0.5) is 17.6 Å². The lowest BCUT2D eigenvalue weighted by atomic mass is 10.1. The number of hydrogen-bond donors (Lipinski definition) is 1. The van der Waals surface area contributed by atoms with Crippen molar-refractivity contribution in [3.05, 3.63) is 71.7 Å². The van der Waals surface area contributed by atoms with Gasteiger partial charge in [-0.25, -0.2) is 14.4 Å². The zero-order valence-corrected chi connectivity index (χ0v) is 13.1. The maximum atomic E-state index is 13.9. The minimum absolute atomic E-state index is 0.166. The van der Waals surface area contributed by atoms with Crippen LogP contribution >= 0.6 is 0 Å². The van der Waals surface area contributed by atoms with E-state index in [0.717, 1.165) is 0 Å². The molecule has 0 atom stereocenters. The molecule has 0 saturated heterocycles. The smallest absolute Gasteiger partial charge is 0.303 e. The van der Waals surface area contributed by atoms with E-state index in [1.54, 1.807) is 47.0 Å². The summed E-state index contributed by atoms with van der Waals surface area (Å²) < 4.78 is 53.9. The number of hydrogen-bond acceptors (Lipinski definition) is 3. The van der Waals surface area contributed by atoms with Crippen molar-refractivity contribution in [1.82, 2.24) is 24.6 Å². The SMILES string of the molecule is Fc1ccccc1Cc1nc(-c2n[nH]c(C(F)(F)F)n2)c2ccccn12. The van der Waals surface area contributed by atoms with Crippen LogP contribution in [-0.2, 0) is 12.6 Å². The second kappa shape index (κ2) is 5.94. The molecule has 0 radical (unpaired) electrons. The number of aromatic nitrogens is 5. The predicted octanol–water partition coefficient (Wildman–Crippen LogP) is 3.87. The summed E-state index contributed by atoms with van der Waals surface area (Å²) in [6, 6.07) is 11.4. The number of pyridine rings is 1. The normalized spacial score (nSPS) is 12.0. The predicted molar refractivity (Wildman–Crippen MR) is 84.8 cm³/mol. The summed E-state index contributed by atoms with van der Waals surface area (Å²) in [6.07, 6.45) is -2.75. The number of alkyl halides is 3. The van der Waals surface area contributed by atoms with Gasteiger partial charge in [0.15, 0.2) is 0 Å². The number of aromatic amines is 1. The van der Waals surface area contributed by atoms with E-state index in [1.807, 2.05) is 5.10 Å². The van der Waals surface area contributed by atoms with Crippen LogP contribution in [-0.4, -0.2) is 24.6 Å². The highest BCUT2D eigenvalue weighted by atomic mass is 19.4. The molecule has 1 aromatic carbocycles. The minimum atomic E-state index is -4.63. The van der Waals surface area contributed by atoms with Gasteiger partial charge in [-0.15, -0.1) is 0 Å². The molecule has 0 amide bonds. The standard InChI is InChI=1S/C17H11F4N5/c18-11-6-2-1-5-10(11)9-13-22-14(12-7-3-4-8-26(12)13)15-23-16(25-24-15)17(19,20)21/h1-8H,9H2,(H,23,24,25). The molecule has 0 aliphatic heterocycles. The third kappa shape index (κ3) is 2.81. The van der Waals surface area contributed by atoms with Gasteiger partial charge in [0.2, 0.25) is 11.6 Å². The molecule has 4 aromatic rings. The second-order valence-corrected chi connectivity index (χ2v) is 5.61. The number of fused-ring (bicyclic) bond motifs is 1. The van der Waals surface area contributed by atoms with Crippen LogP contribution in [0, 0.1) is 5.82 Å². The topological polar surface area (TPSA) is 58.9 Å². The van der Waals surface area contributed by atoms with Gasteiger partial charge in [0.1, 0.15) is 17.3 Å². The zero-order chi connectivity index (χ0) is 18.3. The van der Waals surface area contributed by atoms with Gasteiger partial charge in [-0.05, 0) is 23.8 Å². The zero-order valence-electron chi connectivity index (χ0n) is 13.1. The molecule has 26 heavy (non-hydrogen) atoms. The summed E-state index contributed by atoms with van der Waals surface area (Å²) in [4.78, 5) is 7.87. The highest BCUT2D eigenvalue weighted by Crippen LogP contribution is 2.29. The van der Waals surface area contributed by atoms with E-state index in [-0.39, 0.29) is 23.8 Å². The number of nitrogens with zero attached hydrogens (tertiary/aromatic N) is 4. The molecule has 1 N–H and O–H groups in total. The Morgan fingerprint density at radius 2 is 1.77 bits per heavy atom. The van der Waals surface area contributed by atoms with Crippen molar-refractivity contribution < 1.29 is 17.6 Å². The molecule has 4 rings (SSSR count). The Morgan fingerprint density at radius 3 is 2.50 bits per heavy atom. The number of nitrogens with one attached hydrogen (secondary N) is 1. The van der Waals surface area contributed by atoms with Crippen LogP contribution in [0.5, 0.6) is 0 Å². The van der Waals surface area contributed by atoms with E-state index in [4.69, 9.17) is 0 Å². The first-order valence-electron chi connectivity index (χ1n) is 7.63. The number of rotatable bonds is 3. The van der Waals surface area contributed by atoms with Crippen LogP contribution in [0.1, 0.15) is 17.2 Å². The van der Waals surface area contributed by atoms with Gasteiger partial charge in [0, 0.05) is 12.6 Å². The van der Waals surface area contributed by atoms with E-state index in [1.165, 1.54) is 6.07 Å². The Hall–Kier alpha value is -3.23. The van der Waals surface area contributed by atoms with Crippen LogP contribution < -0.4 is 0 Å². The largest absolute Gasteiger partial charge is 0.451 e. The lowest BCUT2D eigenvalue weighted by Gasteiger charge is -2.02. The van der Waals surface area contributed by atoms with E-state index >= 15 is 0 Å². The Morgan fingerprint density at radius 1 is 1.00 bits per heavy atom. The number of halogens is 4. The average Bonchev–Trinajstić information content (AvgIpc) is 3.22. The van der Waals surface area contributed by atoms with Gasteiger partial charge >= 0.3 is 6.18 Å². The molecule has 0 aliphatic rings. The molecule has 0 fully saturated rings. The highest BCUT2D eigenvalue weighted by molar-refractivity contribution is 5.73. The van der Waals surface area contributed by atoms with E-state index < -0.39 is 12.0 Å². The fourth-order valence-electron chi connectivity index (χ4n) is 2.70. The molecule has 0 saturated carbocycles. The lowest BCUT2D eigenvalue weighted by Crippen LogP contribution is -2.07. The first-order valence-corrected chi connectivity index (χ1v) is 7.63. The van der Waals surface area contributed by atoms with Crippen LogP contribution in [0.15, 0.2) is 48.7 Å². The van der Waals surface area contributed by atoms with Crippen molar-refractivity contribution in [3.8, 4) is 11.5 Å². The van der Waals surface area contributed by atoms with E-state index in [2.05, 4.69) is 15.1 Å². The van der Waals surface area contributed by atoms with Crippen LogP contribution in [0.3, 0.4) is 0 Å².